The average molecular weight is 466 g/mol. The van der Waals surface area contributed by atoms with Crippen molar-refractivity contribution < 1.29 is 14.3 Å². The lowest BCUT2D eigenvalue weighted by Gasteiger charge is -2.06. The van der Waals surface area contributed by atoms with Crippen molar-refractivity contribution in [3.8, 4) is 5.75 Å². The Hall–Kier alpha value is -1.59. The molecule has 0 saturated carbocycles. The second-order valence-electron chi connectivity index (χ2n) is 6.01. The van der Waals surface area contributed by atoms with Crippen molar-refractivity contribution in [3.05, 3.63) is 62.2 Å². The van der Waals surface area contributed by atoms with Gasteiger partial charge in [-0.25, -0.2) is 0 Å². The van der Waals surface area contributed by atoms with E-state index in [-0.39, 0.29) is 18.0 Å². The number of unbranched alkanes of at least 4 members (excludes halogenated alkanes) is 1. The summed E-state index contributed by atoms with van der Waals surface area (Å²) in [6.45, 7) is 2.12. The van der Waals surface area contributed by atoms with Gasteiger partial charge >= 0.3 is 0 Å². The molecule has 0 saturated heterocycles. The Labute approximate surface area is 163 Å². The maximum Gasteiger partial charge on any atom is 0.171 e. The first-order valence-electron chi connectivity index (χ1n) is 8.21. The SMILES string of the molecule is CCCCc1oc2ccccc2c1C(=O)Cc1cc(Br)c(O)c(Br)c1. The number of hydrogen-bond acceptors (Lipinski definition) is 3. The number of benzene rings is 2. The fourth-order valence-electron chi connectivity index (χ4n) is 2.91. The van der Waals surface area contributed by atoms with Crippen LogP contribution in [0.2, 0.25) is 0 Å². The number of carbonyl (C=O) groups is 1. The molecule has 0 bridgehead atoms. The molecule has 130 valence electrons. The number of phenolic OH excluding ortho intramolecular Hbond substituents is 1. The molecule has 5 heteroatoms. The predicted molar refractivity (Wildman–Crippen MR) is 106 cm³/mol. The minimum Gasteiger partial charge on any atom is -0.506 e. The minimum atomic E-state index is 0.0283. The van der Waals surface area contributed by atoms with Crippen molar-refractivity contribution in [2.24, 2.45) is 0 Å². The van der Waals surface area contributed by atoms with Gasteiger partial charge in [-0.3, -0.25) is 4.79 Å². The topological polar surface area (TPSA) is 50.4 Å². The molecule has 0 aliphatic carbocycles. The molecule has 1 heterocycles. The number of aryl methyl sites for hydroxylation is 1. The molecule has 3 rings (SSSR count). The van der Waals surface area contributed by atoms with E-state index >= 15 is 0 Å². The molecule has 0 atom stereocenters. The van der Waals surface area contributed by atoms with Gasteiger partial charge in [-0.05, 0) is 62.0 Å². The van der Waals surface area contributed by atoms with Crippen LogP contribution >= 0.6 is 31.9 Å². The van der Waals surface area contributed by atoms with E-state index in [1.807, 2.05) is 24.3 Å². The Morgan fingerprint density at radius 3 is 2.52 bits per heavy atom. The first-order chi connectivity index (χ1) is 12.0. The minimum absolute atomic E-state index is 0.0283. The van der Waals surface area contributed by atoms with Crippen LogP contribution in [0.4, 0.5) is 0 Å². The van der Waals surface area contributed by atoms with Gasteiger partial charge in [0.2, 0.25) is 0 Å². The molecule has 0 aliphatic rings. The smallest absolute Gasteiger partial charge is 0.171 e. The highest BCUT2D eigenvalue weighted by atomic mass is 79.9. The van der Waals surface area contributed by atoms with Crippen molar-refractivity contribution in [3.63, 3.8) is 0 Å². The summed E-state index contributed by atoms with van der Waals surface area (Å²) in [5.41, 5.74) is 2.27. The number of para-hydroxylation sites is 1. The maximum absolute atomic E-state index is 13.0. The van der Waals surface area contributed by atoms with E-state index in [1.165, 1.54) is 0 Å². The Kier molecular flexibility index (Phi) is 5.64. The van der Waals surface area contributed by atoms with Crippen molar-refractivity contribution >= 4 is 48.6 Å². The first kappa shape index (κ1) is 18.2. The molecular formula is C20H18Br2O3. The van der Waals surface area contributed by atoms with Crippen LogP contribution in [-0.4, -0.2) is 10.9 Å². The van der Waals surface area contributed by atoms with Gasteiger partial charge in [-0.15, -0.1) is 0 Å². The van der Waals surface area contributed by atoms with Crippen LogP contribution in [0.3, 0.4) is 0 Å². The quantitative estimate of drug-likeness (QED) is 0.426. The van der Waals surface area contributed by atoms with Gasteiger partial charge in [0, 0.05) is 18.2 Å². The van der Waals surface area contributed by atoms with Crippen LogP contribution in [0.25, 0.3) is 11.0 Å². The Morgan fingerprint density at radius 2 is 1.84 bits per heavy atom. The van der Waals surface area contributed by atoms with Crippen molar-refractivity contribution in [1.82, 2.24) is 0 Å². The highest BCUT2D eigenvalue weighted by Gasteiger charge is 2.21. The average Bonchev–Trinajstić information content (AvgIpc) is 2.96. The van der Waals surface area contributed by atoms with Gasteiger partial charge in [0.15, 0.2) is 5.78 Å². The van der Waals surface area contributed by atoms with Crippen LogP contribution in [0.1, 0.15) is 41.4 Å². The van der Waals surface area contributed by atoms with Gasteiger partial charge in [0.1, 0.15) is 17.1 Å². The third-order valence-corrected chi connectivity index (χ3v) is 5.35. The van der Waals surface area contributed by atoms with Crippen LogP contribution < -0.4 is 0 Å². The maximum atomic E-state index is 13.0. The van der Waals surface area contributed by atoms with E-state index < -0.39 is 0 Å². The van der Waals surface area contributed by atoms with E-state index in [0.29, 0.717) is 14.5 Å². The van der Waals surface area contributed by atoms with E-state index in [0.717, 1.165) is 41.6 Å². The number of aromatic hydroxyl groups is 1. The first-order valence-corrected chi connectivity index (χ1v) is 9.80. The van der Waals surface area contributed by atoms with Crippen LogP contribution in [0.15, 0.2) is 49.8 Å². The highest BCUT2D eigenvalue weighted by molar-refractivity contribution is 9.11. The summed E-state index contributed by atoms with van der Waals surface area (Å²) in [4.78, 5) is 13.0. The molecule has 3 nitrogen and oxygen atoms in total. The number of phenols is 1. The highest BCUT2D eigenvalue weighted by Crippen LogP contribution is 2.34. The summed E-state index contributed by atoms with van der Waals surface area (Å²) < 4.78 is 7.07. The molecule has 0 amide bonds. The zero-order valence-corrected chi connectivity index (χ0v) is 17.0. The Morgan fingerprint density at radius 1 is 1.16 bits per heavy atom. The van der Waals surface area contributed by atoms with Crippen LogP contribution in [0.5, 0.6) is 5.75 Å². The number of fused-ring (bicyclic) bond motifs is 1. The second kappa shape index (κ2) is 7.75. The molecule has 1 N–H and O–H groups in total. The lowest BCUT2D eigenvalue weighted by atomic mass is 9.98. The molecule has 25 heavy (non-hydrogen) atoms. The number of carbonyl (C=O) groups excluding carboxylic acids is 1. The molecule has 0 fully saturated rings. The van der Waals surface area contributed by atoms with Crippen LogP contribution in [-0.2, 0) is 12.8 Å². The molecule has 2 aromatic carbocycles. The lowest BCUT2D eigenvalue weighted by Crippen LogP contribution is -2.06. The van der Waals surface area contributed by atoms with E-state index in [4.69, 9.17) is 4.42 Å². The number of furan rings is 1. The molecule has 0 aliphatic heterocycles. The predicted octanol–water partition coefficient (Wildman–Crippen LogP) is 6.43. The van der Waals surface area contributed by atoms with Crippen molar-refractivity contribution in [2.75, 3.05) is 0 Å². The van der Waals surface area contributed by atoms with Gasteiger partial charge in [0.25, 0.3) is 0 Å². The third kappa shape index (κ3) is 3.82. The van der Waals surface area contributed by atoms with Gasteiger partial charge in [0.05, 0.1) is 14.5 Å². The summed E-state index contributed by atoms with van der Waals surface area (Å²) in [5, 5.41) is 10.7. The Bertz CT molecular complexity index is 905. The fraction of sp³-hybridized carbons (Fsp3) is 0.250. The van der Waals surface area contributed by atoms with Crippen molar-refractivity contribution in [1.29, 1.82) is 0 Å². The van der Waals surface area contributed by atoms with Crippen LogP contribution in [0, 0.1) is 0 Å². The summed E-state index contributed by atoms with van der Waals surface area (Å²) in [6.07, 6.45) is 3.04. The van der Waals surface area contributed by atoms with E-state index in [9.17, 15) is 9.90 Å². The van der Waals surface area contributed by atoms with E-state index in [1.54, 1.807) is 12.1 Å². The van der Waals surface area contributed by atoms with Gasteiger partial charge in [-0.1, -0.05) is 31.5 Å². The number of Topliss-reactive ketones (excluding diaryl/α,β-unsaturated/α-hetero) is 1. The molecular weight excluding hydrogens is 448 g/mol. The molecule has 1 aromatic heterocycles. The van der Waals surface area contributed by atoms with Gasteiger partial charge < -0.3 is 9.52 Å². The summed E-state index contributed by atoms with van der Waals surface area (Å²) in [7, 11) is 0. The molecule has 0 spiro atoms. The molecule has 0 radical (unpaired) electrons. The largest absolute Gasteiger partial charge is 0.506 e. The molecule has 3 aromatic rings. The standard InChI is InChI=1S/C20H18Br2O3/c1-2-3-7-18-19(13-6-4-5-8-17(13)25-18)16(23)11-12-9-14(21)20(24)15(22)10-12/h4-6,8-10,24H,2-3,7,11H2,1H3. The number of halogens is 2. The normalized spacial score (nSPS) is 11.2. The summed E-state index contributed by atoms with van der Waals surface area (Å²) in [5.74, 6) is 0.930. The summed E-state index contributed by atoms with van der Waals surface area (Å²) in [6, 6.07) is 11.2. The lowest BCUT2D eigenvalue weighted by molar-refractivity contribution is 0.0992. The second-order valence-corrected chi connectivity index (χ2v) is 7.72. The number of ketones is 1. The molecule has 0 unspecified atom stereocenters. The number of rotatable bonds is 6. The third-order valence-electron chi connectivity index (χ3n) is 4.15. The van der Waals surface area contributed by atoms with Gasteiger partial charge in [-0.2, -0.15) is 0 Å². The summed E-state index contributed by atoms with van der Waals surface area (Å²) >= 11 is 6.63. The Balaban J connectivity index is 1.98. The monoisotopic (exact) mass is 464 g/mol. The van der Waals surface area contributed by atoms with Crippen molar-refractivity contribution in [2.45, 2.75) is 32.6 Å². The number of hydrogen-bond donors (Lipinski definition) is 1. The zero-order chi connectivity index (χ0) is 18.0. The fourth-order valence-corrected chi connectivity index (χ4v) is 4.19. The zero-order valence-electron chi connectivity index (χ0n) is 13.8. The van der Waals surface area contributed by atoms with E-state index in [2.05, 4.69) is 38.8 Å².